The molecule has 0 amide bonds. The molecule has 0 spiro atoms. The van der Waals surface area contributed by atoms with Crippen molar-refractivity contribution in [2.45, 2.75) is 26.8 Å². The standard InChI is InChI=1S/C12H17N5O/c1-3-6-18-11-4-5-13-12(16-11)14-7-10-8-15-17-9(10)2/h4-5,8H,3,6-7H2,1-2H3,(H,15,17)(H,13,14,16). The van der Waals surface area contributed by atoms with Crippen LogP contribution in [0.25, 0.3) is 0 Å². The smallest absolute Gasteiger partial charge is 0.226 e. The van der Waals surface area contributed by atoms with Gasteiger partial charge in [0.1, 0.15) is 0 Å². The summed E-state index contributed by atoms with van der Waals surface area (Å²) in [6.07, 6.45) is 4.43. The van der Waals surface area contributed by atoms with Crippen LogP contribution in [-0.2, 0) is 6.54 Å². The van der Waals surface area contributed by atoms with Crippen molar-refractivity contribution in [3.63, 3.8) is 0 Å². The van der Waals surface area contributed by atoms with Crippen LogP contribution < -0.4 is 10.1 Å². The van der Waals surface area contributed by atoms with E-state index in [0.29, 0.717) is 25.0 Å². The average molecular weight is 247 g/mol. The molecule has 0 aliphatic rings. The third-order valence-corrected chi connectivity index (χ3v) is 2.46. The Morgan fingerprint density at radius 2 is 2.33 bits per heavy atom. The SMILES string of the molecule is CCCOc1ccnc(NCc2cn[nH]c2C)n1. The first kappa shape index (κ1) is 12.3. The zero-order valence-corrected chi connectivity index (χ0v) is 10.6. The number of aryl methyl sites for hydroxylation is 1. The Morgan fingerprint density at radius 1 is 1.44 bits per heavy atom. The molecule has 0 aromatic carbocycles. The molecule has 18 heavy (non-hydrogen) atoms. The summed E-state index contributed by atoms with van der Waals surface area (Å²) in [6.45, 7) is 5.34. The lowest BCUT2D eigenvalue weighted by molar-refractivity contribution is 0.305. The van der Waals surface area contributed by atoms with Crippen LogP contribution in [0.5, 0.6) is 5.88 Å². The van der Waals surface area contributed by atoms with Gasteiger partial charge in [0.2, 0.25) is 11.8 Å². The molecular weight excluding hydrogens is 230 g/mol. The lowest BCUT2D eigenvalue weighted by Gasteiger charge is -2.06. The van der Waals surface area contributed by atoms with Gasteiger partial charge in [-0.25, -0.2) is 4.98 Å². The van der Waals surface area contributed by atoms with E-state index in [0.717, 1.165) is 17.7 Å². The van der Waals surface area contributed by atoms with Crippen LogP contribution in [-0.4, -0.2) is 26.8 Å². The van der Waals surface area contributed by atoms with Crippen LogP contribution in [0.4, 0.5) is 5.95 Å². The Kier molecular flexibility index (Phi) is 4.11. The van der Waals surface area contributed by atoms with Crippen molar-refractivity contribution in [3.8, 4) is 5.88 Å². The van der Waals surface area contributed by atoms with E-state index in [1.54, 1.807) is 18.5 Å². The topological polar surface area (TPSA) is 75.7 Å². The summed E-state index contributed by atoms with van der Waals surface area (Å²) in [5, 5.41) is 9.99. The maximum absolute atomic E-state index is 5.45. The molecule has 6 nitrogen and oxygen atoms in total. The van der Waals surface area contributed by atoms with E-state index in [2.05, 4.69) is 32.4 Å². The second-order valence-corrected chi connectivity index (χ2v) is 3.94. The molecule has 0 aliphatic heterocycles. The van der Waals surface area contributed by atoms with E-state index in [-0.39, 0.29) is 0 Å². The largest absolute Gasteiger partial charge is 0.478 e. The summed E-state index contributed by atoms with van der Waals surface area (Å²) in [4.78, 5) is 8.41. The van der Waals surface area contributed by atoms with E-state index in [4.69, 9.17) is 4.74 Å². The highest BCUT2D eigenvalue weighted by Gasteiger charge is 2.03. The van der Waals surface area contributed by atoms with Crippen LogP contribution in [0.3, 0.4) is 0 Å². The van der Waals surface area contributed by atoms with Gasteiger partial charge in [-0.05, 0) is 13.3 Å². The number of anilines is 1. The normalized spacial score (nSPS) is 10.3. The molecule has 2 aromatic heterocycles. The molecule has 0 radical (unpaired) electrons. The molecule has 0 bridgehead atoms. The van der Waals surface area contributed by atoms with E-state index in [1.807, 2.05) is 6.92 Å². The minimum Gasteiger partial charge on any atom is -0.478 e. The van der Waals surface area contributed by atoms with Gasteiger partial charge in [-0.3, -0.25) is 5.10 Å². The minimum absolute atomic E-state index is 0.559. The molecule has 2 rings (SSSR count). The number of aromatic amines is 1. The minimum atomic E-state index is 0.559. The zero-order valence-electron chi connectivity index (χ0n) is 10.6. The fourth-order valence-corrected chi connectivity index (χ4v) is 1.44. The van der Waals surface area contributed by atoms with Crippen LogP contribution in [0.2, 0.25) is 0 Å². The molecule has 96 valence electrons. The van der Waals surface area contributed by atoms with E-state index < -0.39 is 0 Å². The van der Waals surface area contributed by atoms with Crippen molar-refractivity contribution < 1.29 is 4.74 Å². The van der Waals surface area contributed by atoms with Crippen LogP contribution in [0.1, 0.15) is 24.6 Å². The second-order valence-electron chi connectivity index (χ2n) is 3.94. The molecule has 0 aliphatic carbocycles. The van der Waals surface area contributed by atoms with Gasteiger partial charge in [0.05, 0.1) is 12.8 Å². The van der Waals surface area contributed by atoms with Crippen molar-refractivity contribution in [2.24, 2.45) is 0 Å². The fraction of sp³-hybridized carbons (Fsp3) is 0.417. The van der Waals surface area contributed by atoms with Gasteiger partial charge in [-0.1, -0.05) is 6.92 Å². The lowest BCUT2D eigenvalue weighted by atomic mass is 10.3. The second kappa shape index (κ2) is 6.00. The first-order valence-corrected chi connectivity index (χ1v) is 5.98. The first-order valence-electron chi connectivity index (χ1n) is 5.98. The van der Waals surface area contributed by atoms with Crippen LogP contribution >= 0.6 is 0 Å². The average Bonchev–Trinajstić information content (AvgIpc) is 2.80. The molecule has 2 aromatic rings. The van der Waals surface area contributed by atoms with E-state index in [9.17, 15) is 0 Å². The van der Waals surface area contributed by atoms with Crippen molar-refractivity contribution in [1.82, 2.24) is 20.2 Å². The Labute approximate surface area is 106 Å². The highest BCUT2D eigenvalue weighted by atomic mass is 16.5. The Morgan fingerprint density at radius 3 is 3.06 bits per heavy atom. The number of hydrogen-bond acceptors (Lipinski definition) is 5. The zero-order chi connectivity index (χ0) is 12.8. The van der Waals surface area contributed by atoms with Crippen molar-refractivity contribution >= 4 is 5.95 Å². The molecule has 0 unspecified atom stereocenters. The number of hydrogen-bond donors (Lipinski definition) is 2. The molecule has 6 heteroatoms. The third-order valence-electron chi connectivity index (χ3n) is 2.46. The first-order chi connectivity index (χ1) is 8.79. The molecule has 0 saturated heterocycles. The number of nitrogens with one attached hydrogen (secondary N) is 2. The summed E-state index contributed by atoms with van der Waals surface area (Å²) in [7, 11) is 0. The maximum Gasteiger partial charge on any atom is 0.226 e. The number of rotatable bonds is 6. The summed E-state index contributed by atoms with van der Waals surface area (Å²) in [6, 6.07) is 1.75. The van der Waals surface area contributed by atoms with Crippen molar-refractivity contribution in [1.29, 1.82) is 0 Å². The third kappa shape index (κ3) is 3.19. The van der Waals surface area contributed by atoms with Crippen LogP contribution in [0, 0.1) is 6.92 Å². The lowest BCUT2D eigenvalue weighted by Crippen LogP contribution is -2.05. The van der Waals surface area contributed by atoms with Gasteiger partial charge < -0.3 is 10.1 Å². The number of H-pyrrole nitrogens is 1. The van der Waals surface area contributed by atoms with Gasteiger partial charge in [0, 0.05) is 30.1 Å². The fourth-order valence-electron chi connectivity index (χ4n) is 1.44. The summed E-state index contributed by atoms with van der Waals surface area (Å²) in [5.41, 5.74) is 2.14. The van der Waals surface area contributed by atoms with Gasteiger partial charge in [-0.15, -0.1) is 0 Å². The predicted octanol–water partition coefficient (Wildman–Crippen LogP) is 1.91. The summed E-state index contributed by atoms with van der Waals surface area (Å²) >= 11 is 0. The quantitative estimate of drug-likeness (QED) is 0.815. The molecule has 2 heterocycles. The predicted molar refractivity (Wildman–Crippen MR) is 68.5 cm³/mol. The molecule has 0 saturated carbocycles. The number of aromatic nitrogens is 4. The number of nitrogens with zero attached hydrogens (tertiary/aromatic N) is 3. The molecule has 2 N–H and O–H groups in total. The van der Waals surface area contributed by atoms with E-state index >= 15 is 0 Å². The Bertz CT molecular complexity index is 497. The van der Waals surface area contributed by atoms with Gasteiger partial charge in [-0.2, -0.15) is 10.1 Å². The van der Waals surface area contributed by atoms with Gasteiger partial charge in [0.15, 0.2) is 0 Å². The summed E-state index contributed by atoms with van der Waals surface area (Å²) in [5.74, 6) is 1.16. The summed E-state index contributed by atoms with van der Waals surface area (Å²) < 4.78 is 5.45. The van der Waals surface area contributed by atoms with Gasteiger partial charge >= 0.3 is 0 Å². The van der Waals surface area contributed by atoms with Crippen molar-refractivity contribution in [2.75, 3.05) is 11.9 Å². The highest BCUT2D eigenvalue weighted by Crippen LogP contribution is 2.10. The molecular formula is C12H17N5O. The molecule has 0 fully saturated rings. The monoisotopic (exact) mass is 247 g/mol. The highest BCUT2D eigenvalue weighted by molar-refractivity contribution is 5.30. The molecule has 0 atom stereocenters. The van der Waals surface area contributed by atoms with Crippen molar-refractivity contribution in [3.05, 3.63) is 29.7 Å². The van der Waals surface area contributed by atoms with Crippen LogP contribution in [0.15, 0.2) is 18.5 Å². The maximum atomic E-state index is 5.45. The van der Waals surface area contributed by atoms with E-state index in [1.165, 1.54) is 0 Å². The number of ether oxygens (including phenoxy) is 1. The van der Waals surface area contributed by atoms with Gasteiger partial charge in [0.25, 0.3) is 0 Å². The Hall–Kier alpha value is -2.11. The Balaban J connectivity index is 1.95.